The smallest absolute Gasteiger partial charge is 0.253 e. The van der Waals surface area contributed by atoms with Gasteiger partial charge in [-0.15, -0.1) is 0 Å². The van der Waals surface area contributed by atoms with E-state index in [1.165, 1.54) is 0 Å². The molecule has 20 heavy (non-hydrogen) atoms. The molecule has 0 atom stereocenters. The van der Waals surface area contributed by atoms with Gasteiger partial charge in [0, 0.05) is 18.7 Å². The van der Waals surface area contributed by atoms with Gasteiger partial charge in [-0.1, -0.05) is 6.92 Å². The summed E-state index contributed by atoms with van der Waals surface area (Å²) in [6.45, 7) is 10.5. The van der Waals surface area contributed by atoms with Gasteiger partial charge in [-0.05, 0) is 45.4 Å². The van der Waals surface area contributed by atoms with Crippen molar-refractivity contribution >= 4 is 5.91 Å². The van der Waals surface area contributed by atoms with Gasteiger partial charge < -0.3 is 14.4 Å². The average molecular weight is 279 g/mol. The first-order chi connectivity index (χ1) is 9.67. The first kappa shape index (κ1) is 16.3. The lowest BCUT2D eigenvalue weighted by Gasteiger charge is -2.19. The standard InChI is InChI=1S/C16H25NO3/c1-5-11-20-14-10-9-13(12-15(14)19-8-4)16(18)17(6-2)7-3/h9-10,12H,5-8,11H2,1-4H3. The Morgan fingerprint density at radius 1 is 1.05 bits per heavy atom. The van der Waals surface area contributed by atoms with Crippen LogP contribution >= 0.6 is 0 Å². The molecule has 0 fully saturated rings. The highest BCUT2D eigenvalue weighted by atomic mass is 16.5. The van der Waals surface area contributed by atoms with Crippen molar-refractivity contribution in [2.45, 2.75) is 34.1 Å². The van der Waals surface area contributed by atoms with E-state index in [1.54, 1.807) is 17.0 Å². The van der Waals surface area contributed by atoms with Crippen LogP contribution in [0, 0.1) is 0 Å². The van der Waals surface area contributed by atoms with Crippen LogP contribution in [0.5, 0.6) is 11.5 Å². The monoisotopic (exact) mass is 279 g/mol. The van der Waals surface area contributed by atoms with Gasteiger partial charge in [0.25, 0.3) is 5.91 Å². The Morgan fingerprint density at radius 3 is 2.30 bits per heavy atom. The molecule has 0 radical (unpaired) electrons. The number of ether oxygens (including phenoxy) is 2. The lowest BCUT2D eigenvalue weighted by molar-refractivity contribution is 0.0772. The molecule has 0 heterocycles. The molecule has 0 aliphatic rings. The van der Waals surface area contributed by atoms with Gasteiger partial charge in [-0.25, -0.2) is 0 Å². The predicted octanol–water partition coefficient (Wildman–Crippen LogP) is 3.36. The van der Waals surface area contributed by atoms with E-state index in [2.05, 4.69) is 6.92 Å². The van der Waals surface area contributed by atoms with Crippen molar-refractivity contribution in [3.8, 4) is 11.5 Å². The molecule has 0 aliphatic carbocycles. The molecule has 1 rings (SSSR count). The minimum atomic E-state index is 0.0259. The van der Waals surface area contributed by atoms with Crippen LogP contribution in [0.25, 0.3) is 0 Å². The molecule has 0 unspecified atom stereocenters. The topological polar surface area (TPSA) is 38.8 Å². The van der Waals surface area contributed by atoms with Crippen LogP contribution in [0.15, 0.2) is 18.2 Å². The normalized spacial score (nSPS) is 10.2. The number of rotatable bonds is 8. The van der Waals surface area contributed by atoms with Gasteiger partial charge in [0.1, 0.15) is 0 Å². The molecular weight excluding hydrogens is 254 g/mol. The fraction of sp³-hybridized carbons (Fsp3) is 0.562. The second kappa shape index (κ2) is 8.46. The quantitative estimate of drug-likeness (QED) is 0.732. The summed E-state index contributed by atoms with van der Waals surface area (Å²) < 4.78 is 11.2. The molecule has 112 valence electrons. The third-order valence-corrected chi connectivity index (χ3v) is 3.00. The molecule has 1 aromatic carbocycles. The van der Waals surface area contributed by atoms with E-state index in [-0.39, 0.29) is 5.91 Å². The first-order valence-corrected chi connectivity index (χ1v) is 7.36. The molecule has 4 heteroatoms. The van der Waals surface area contributed by atoms with Crippen LogP contribution in [0.1, 0.15) is 44.5 Å². The van der Waals surface area contributed by atoms with Crippen molar-refractivity contribution in [3.63, 3.8) is 0 Å². The molecule has 0 aliphatic heterocycles. The summed E-state index contributed by atoms with van der Waals surface area (Å²) in [5.74, 6) is 1.36. The largest absolute Gasteiger partial charge is 0.490 e. The highest BCUT2D eigenvalue weighted by molar-refractivity contribution is 5.94. The Kier molecular flexibility index (Phi) is 6.91. The Bertz CT molecular complexity index is 428. The van der Waals surface area contributed by atoms with E-state index in [9.17, 15) is 4.79 Å². The van der Waals surface area contributed by atoms with Crippen LogP contribution in [-0.4, -0.2) is 37.1 Å². The summed E-state index contributed by atoms with van der Waals surface area (Å²) in [6, 6.07) is 5.39. The van der Waals surface area contributed by atoms with Gasteiger partial charge in [0.2, 0.25) is 0 Å². The fourth-order valence-corrected chi connectivity index (χ4v) is 1.93. The third-order valence-electron chi connectivity index (χ3n) is 3.00. The molecule has 1 aromatic rings. The van der Waals surface area contributed by atoms with E-state index in [0.29, 0.717) is 43.4 Å². The molecule has 0 N–H and O–H groups in total. The van der Waals surface area contributed by atoms with Crippen molar-refractivity contribution in [1.82, 2.24) is 4.90 Å². The highest BCUT2D eigenvalue weighted by Crippen LogP contribution is 2.29. The van der Waals surface area contributed by atoms with Crippen molar-refractivity contribution in [2.24, 2.45) is 0 Å². The van der Waals surface area contributed by atoms with Crippen LogP contribution in [-0.2, 0) is 0 Å². The van der Waals surface area contributed by atoms with Crippen molar-refractivity contribution in [1.29, 1.82) is 0 Å². The average Bonchev–Trinajstić information content (AvgIpc) is 2.47. The SMILES string of the molecule is CCCOc1ccc(C(=O)N(CC)CC)cc1OCC. The second-order valence-electron chi connectivity index (χ2n) is 4.42. The van der Waals surface area contributed by atoms with E-state index >= 15 is 0 Å². The minimum Gasteiger partial charge on any atom is -0.490 e. The number of nitrogens with zero attached hydrogens (tertiary/aromatic N) is 1. The van der Waals surface area contributed by atoms with Gasteiger partial charge in [-0.2, -0.15) is 0 Å². The van der Waals surface area contributed by atoms with E-state index in [1.807, 2.05) is 26.8 Å². The zero-order valence-electron chi connectivity index (χ0n) is 12.9. The molecule has 4 nitrogen and oxygen atoms in total. The van der Waals surface area contributed by atoms with E-state index in [4.69, 9.17) is 9.47 Å². The van der Waals surface area contributed by atoms with Gasteiger partial charge in [0.15, 0.2) is 11.5 Å². The van der Waals surface area contributed by atoms with Crippen LogP contribution in [0.4, 0.5) is 0 Å². The van der Waals surface area contributed by atoms with Gasteiger partial charge in [0.05, 0.1) is 13.2 Å². The number of hydrogen-bond donors (Lipinski definition) is 0. The Hall–Kier alpha value is -1.71. The summed E-state index contributed by atoms with van der Waals surface area (Å²) in [5, 5.41) is 0. The Balaban J connectivity index is 2.99. The lowest BCUT2D eigenvalue weighted by atomic mass is 10.1. The van der Waals surface area contributed by atoms with Crippen LogP contribution in [0.2, 0.25) is 0 Å². The molecule has 0 saturated carbocycles. The Labute approximate surface area is 121 Å². The molecule has 1 amide bonds. The number of hydrogen-bond acceptors (Lipinski definition) is 3. The molecular formula is C16H25NO3. The lowest BCUT2D eigenvalue weighted by Crippen LogP contribution is -2.30. The van der Waals surface area contributed by atoms with Gasteiger partial charge >= 0.3 is 0 Å². The Morgan fingerprint density at radius 2 is 1.75 bits per heavy atom. The molecule has 0 saturated heterocycles. The summed E-state index contributed by atoms with van der Waals surface area (Å²) in [7, 11) is 0. The van der Waals surface area contributed by atoms with Crippen molar-refractivity contribution in [3.05, 3.63) is 23.8 Å². The number of amides is 1. The highest BCUT2D eigenvalue weighted by Gasteiger charge is 2.15. The van der Waals surface area contributed by atoms with Gasteiger partial charge in [-0.3, -0.25) is 4.79 Å². The van der Waals surface area contributed by atoms with E-state index < -0.39 is 0 Å². The van der Waals surface area contributed by atoms with E-state index in [0.717, 1.165) is 6.42 Å². The fourth-order valence-electron chi connectivity index (χ4n) is 1.93. The zero-order chi connectivity index (χ0) is 15.0. The zero-order valence-corrected chi connectivity index (χ0v) is 12.9. The number of carbonyl (C=O) groups excluding carboxylic acids is 1. The summed E-state index contributed by atoms with van der Waals surface area (Å²) in [5.41, 5.74) is 0.640. The van der Waals surface area contributed by atoms with Crippen molar-refractivity contribution in [2.75, 3.05) is 26.3 Å². The summed E-state index contributed by atoms with van der Waals surface area (Å²) in [6.07, 6.45) is 0.936. The first-order valence-electron chi connectivity index (χ1n) is 7.36. The molecule has 0 aromatic heterocycles. The van der Waals surface area contributed by atoms with Crippen molar-refractivity contribution < 1.29 is 14.3 Å². The number of carbonyl (C=O) groups is 1. The maximum atomic E-state index is 12.3. The third kappa shape index (κ3) is 4.15. The second-order valence-corrected chi connectivity index (χ2v) is 4.42. The molecule has 0 bridgehead atoms. The van der Waals surface area contributed by atoms with Crippen LogP contribution in [0.3, 0.4) is 0 Å². The summed E-state index contributed by atoms with van der Waals surface area (Å²) in [4.78, 5) is 14.1. The number of benzene rings is 1. The molecule has 0 spiro atoms. The minimum absolute atomic E-state index is 0.0259. The predicted molar refractivity (Wildman–Crippen MR) is 80.6 cm³/mol. The maximum Gasteiger partial charge on any atom is 0.253 e. The maximum absolute atomic E-state index is 12.3. The van der Waals surface area contributed by atoms with Crippen LogP contribution < -0.4 is 9.47 Å². The summed E-state index contributed by atoms with van der Waals surface area (Å²) >= 11 is 0.